The van der Waals surface area contributed by atoms with E-state index in [1.54, 1.807) is 18.0 Å². The van der Waals surface area contributed by atoms with Gasteiger partial charge in [0.1, 0.15) is 11.6 Å². The summed E-state index contributed by atoms with van der Waals surface area (Å²) in [6.07, 6.45) is 3.01. The van der Waals surface area contributed by atoms with Crippen LogP contribution in [-0.4, -0.2) is 81.5 Å². The van der Waals surface area contributed by atoms with Gasteiger partial charge in [0.25, 0.3) is 0 Å². The smallest absolute Gasteiger partial charge is 0.223 e. The van der Waals surface area contributed by atoms with Gasteiger partial charge in [0.2, 0.25) is 5.91 Å². The Balaban J connectivity index is 1.42. The number of carbonyl (C=O) groups is 1. The Morgan fingerprint density at radius 1 is 1.24 bits per heavy atom. The van der Waals surface area contributed by atoms with Crippen LogP contribution < -0.4 is 4.74 Å². The lowest BCUT2D eigenvalue weighted by Crippen LogP contribution is -2.51. The van der Waals surface area contributed by atoms with Gasteiger partial charge in [0, 0.05) is 38.4 Å². The van der Waals surface area contributed by atoms with Gasteiger partial charge < -0.3 is 14.5 Å². The maximum absolute atomic E-state index is 12.2. The second-order valence-electron chi connectivity index (χ2n) is 7.62. The molecule has 0 N–H and O–H groups in total. The number of fused-ring (bicyclic) bond motifs is 1. The molecule has 3 aromatic rings. The average molecular weight is 395 g/mol. The van der Waals surface area contributed by atoms with Crippen LogP contribution in [0.5, 0.6) is 5.75 Å². The molecule has 9 nitrogen and oxygen atoms in total. The first kappa shape index (κ1) is 19.3. The minimum atomic E-state index is 0.216. The van der Waals surface area contributed by atoms with Gasteiger partial charge in [-0.15, -0.1) is 5.10 Å². The summed E-state index contributed by atoms with van der Waals surface area (Å²) in [5, 5.41) is 8.37. The fraction of sp³-hybridized carbons (Fsp3) is 0.450. The van der Waals surface area contributed by atoms with E-state index in [1.807, 2.05) is 48.2 Å². The molecular weight excluding hydrogens is 370 g/mol. The van der Waals surface area contributed by atoms with E-state index in [0.717, 1.165) is 43.3 Å². The molecule has 1 aliphatic rings. The van der Waals surface area contributed by atoms with Crippen molar-refractivity contribution in [3.05, 3.63) is 36.3 Å². The number of nitrogens with zero attached hydrogens (tertiary/aromatic N) is 7. The number of amides is 1. The fourth-order valence-corrected chi connectivity index (χ4v) is 3.40. The van der Waals surface area contributed by atoms with Crippen LogP contribution in [0.1, 0.15) is 12.2 Å². The molecule has 0 bridgehead atoms. The van der Waals surface area contributed by atoms with Crippen LogP contribution in [0, 0.1) is 5.92 Å². The summed E-state index contributed by atoms with van der Waals surface area (Å²) in [5.74, 6) is 2.14. The lowest BCUT2D eigenvalue weighted by molar-refractivity contribution is -0.137. The third-order valence-electron chi connectivity index (χ3n) is 5.11. The van der Waals surface area contributed by atoms with Crippen LogP contribution in [-0.2, 0) is 11.2 Å². The highest BCUT2D eigenvalue weighted by Crippen LogP contribution is 2.22. The van der Waals surface area contributed by atoms with Gasteiger partial charge in [-0.2, -0.15) is 4.68 Å². The van der Waals surface area contributed by atoms with Gasteiger partial charge in [-0.1, -0.05) is 5.21 Å². The lowest BCUT2D eigenvalue weighted by atomic mass is 9.95. The van der Waals surface area contributed by atoms with E-state index in [9.17, 15) is 4.79 Å². The highest BCUT2D eigenvalue weighted by molar-refractivity contribution is 5.77. The third kappa shape index (κ3) is 4.19. The molecule has 4 rings (SSSR count). The molecule has 0 radical (unpaired) electrons. The second kappa shape index (κ2) is 8.12. The number of benzene rings is 1. The van der Waals surface area contributed by atoms with Crippen molar-refractivity contribution in [2.45, 2.75) is 12.8 Å². The van der Waals surface area contributed by atoms with E-state index < -0.39 is 0 Å². The monoisotopic (exact) mass is 395 g/mol. The summed E-state index contributed by atoms with van der Waals surface area (Å²) in [7, 11) is 5.59. The van der Waals surface area contributed by atoms with Gasteiger partial charge in [-0.3, -0.25) is 4.79 Å². The van der Waals surface area contributed by atoms with Crippen LogP contribution in [0.15, 0.2) is 30.5 Å². The molecule has 3 heterocycles. The molecule has 1 saturated heterocycles. The fourth-order valence-electron chi connectivity index (χ4n) is 3.40. The lowest BCUT2D eigenvalue weighted by Gasteiger charge is -2.39. The maximum Gasteiger partial charge on any atom is 0.223 e. The molecular formula is C20H25N7O2. The molecule has 1 aliphatic heterocycles. The minimum absolute atomic E-state index is 0.216. The topological polar surface area (TPSA) is 89.3 Å². The van der Waals surface area contributed by atoms with E-state index in [-0.39, 0.29) is 5.91 Å². The number of likely N-dealkylation sites (tertiary alicyclic amines) is 1. The van der Waals surface area contributed by atoms with Crippen LogP contribution in [0.3, 0.4) is 0 Å². The summed E-state index contributed by atoms with van der Waals surface area (Å²) in [6, 6.07) is 7.58. The Hall–Kier alpha value is -3.07. The first-order chi connectivity index (χ1) is 14.0. The zero-order chi connectivity index (χ0) is 20.4. The molecule has 0 saturated carbocycles. The van der Waals surface area contributed by atoms with E-state index in [4.69, 9.17) is 9.72 Å². The van der Waals surface area contributed by atoms with Crippen molar-refractivity contribution in [1.82, 2.24) is 34.8 Å². The predicted octanol–water partition coefficient (Wildman–Crippen LogP) is 1.17. The number of hydrogen-bond donors (Lipinski definition) is 0. The highest BCUT2D eigenvalue weighted by Gasteiger charge is 2.31. The minimum Gasteiger partial charge on any atom is -0.497 e. The van der Waals surface area contributed by atoms with Crippen LogP contribution in [0.4, 0.5) is 0 Å². The number of rotatable bonds is 7. The molecule has 1 amide bonds. The van der Waals surface area contributed by atoms with Crippen molar-refractivity contribution in [3.8, 4) is 11.4 Å². The van der Waals surface area contributed by atoms with Crippen LogP contribution in [0.25, 0.3) is 16.9 Å². The molecule has 9 heteroatoms. The van der Waals surface area contributed by atoms with E-state index in [2.05, 4.69) is 15.3 Å². The summed E-state index contributed by atoms with van der Waals surface area (Å²) in [4.78, 5) is 25.2. The number of carbonyl (C=O) groups excluding carboxylic acids is 1. The van der Waals surface area contributed by atoms with Crippen molar-refractivity contribution in [2.75, 3.05) is 40.8 Å². The molecule has 0 aliphatic carbocycles. The average Bonchev–Trinajstić information content (AvgIpc) is 3.12. The molecule has 0 atom stereocenters. The van der Waals surface area contributed by atoms with Crippen molar-refractivity contribution >= 4 is 17.1 Å². The Labute approximate surface area is 169 Å². The largest absolute Gasteiger partial charge is 0.497 e. The molecule has 152 valence electrons. The highest BCUT2D eigenvalue weighted by atomic mass is 16.5. The van der Waals surface area contributed by atoms with Crippen molar-refractivity contribution in [2.24, 2.45) is 5.92 Å². The number of ether oxygens (including phenoxy) is 1. The van der Waals surface area contributed by atoms with E-state index in [1.165, 1.54) is 0 Å². The Bertz CT molecular complexity index is 994. The Morgan fingerprint density at radius 2 is 2.00 bits per heavy atom. The number of aromatic nitrogens is 5. The molecule has 29 heavy (non-hydrogen) atoms. The quantitative estimate of drug-likeness (QED) is 0.593. The molecule has 2 aromatic heterocycles. The summed E-state index contributed by atoms with van der Waals surface area (Å²) < 4.78 is 6.91. The molecule has 0 unspecified atom stereocenters. The van der Waals surface area contributed by atoms with Gasteiger partial charge in [0.15, 0.2) is 11.2 Å². The van der Waals surface area contributed by atoms with Crippen molar-refractivity contribution in [3.63, 3.8) is 0 Å². The molecule has 1 aromatic carbocycles. The first-order valence-corrected chi connectivity index (χ1v) is 9.67. The molecule has 0 spiro atoms. The number of methoxy groups -OCH3 is 1. The maximum atomic E-state index is 12.2. The first-order valence-electron chi connectivity index (χ1n) is 9.67. The summed E-state index contributed by atoms with van der Waals surface area (Å²) in [5.41, 5.74) is 2.19. The van der Waals surface area contributed by atoms with Crippen molar-refractivity contribution in [1.29, 1.82) is 0 Å². The third-order valence-corrected chi connectivity index (χ3v) is 5.11. The van der Waals surface area contributed by atoms with E-state index in [0.29, 0.717) is 23.5 Å². The van der Waals surface area contributed by atoms with Crippen LogP contribution in [0.2, 0.25) is 0 Å². The standard InChI is InChI=1S/C20H25N7O2/c1-25(2)9-8-19(28)26-12-14(13-26)10-18-21-11-17-20(22-18)27(24-23-17)15-4-6-16(29-3)7-5-15/h4-7,11,14H,8-10,12-13H2,1-3H3. The summed E-state index contributed by atoms with van der Waals surface area (Å²) in [6.45, 7) is 2.31. The van der Waals surface area contributed by atoms with Crippen LogP contribution >= 0.6 is 0 Å². The van der Waals surface area contributed by atoms with Gasteiger partial charge in [-0.05, 0) is 38.4 Å². The van der Waals surface area contributed by atoms with E-state index >= 15 is 0 Å². The molecule has 1 fully saturated rings. The SMILES string of the molecule is COc1ccc(-n2nnc3cnc(CC4CN(C(=O)CCN(C)C)C4)nc32)cc1. The van der Waals surface area contributed by atoms with Gasteiger partial charge >= 0.3 is 0 Å². The van der Waals surface area contributed by atoms with Gasteiger partial charge in [-0.25, -0.2) is 9.97 Å². The Kier molecular flexibility index (Phi) is 5.39. The zero-order valence-electron chi connectivity index (χ0n) is 16.9. The predicted molar refractivity (Wildman–Crippen MR) is 108 cm³/mol. The van der Waals surface area contributed by atoms with Crippen molar-refractivity contribution < 1.29 is 9.53 Å². The second-order valence-corrected chi connectivity index (χ2v) is 7.62. The summed E-state index contributed by atoms with van der Waals surface area (Å²) >= 11 is 0. The normalized spacial score (nSPS) is 14.4. The Morgan fingerprint density at radius 3 is 2.69 bits per heavy atom. The number of hydrogen-bond acceptors (Lipinski definition) is 7. The van der Waals surface area contributed by atoms with Gasteiger partial charge in [0.05, 0.1) is 19.0 Å². The zero-order valence-corrected chi connectivity index (χ0v) is 16.9.